The first-order valence-electron chi connectivity index (χ1n) is 13.4. The molecule has 1 aromatic rings. The third-order valence-electron chi connectivity index (χ3n) is 7.47. The largest absolute Gasteiger partial charge is 0.495 e. The molecule has 2 saturated heterocycles. The number of aryl methyl sites for hydroxylation is 1. The normalized spacial score (nSPS) is 25.1. The van der Waals surface area contributed by atoms with Crippen LogP contribution in [0.4, 0.5) is 15.8 Å². The van der Waals surface area contributed by atoms with Crippen molar-refractivity contribution < 1.29 is 18.7 Å². The van der Waals surface area contributed by atoms with E-state index in [0.717, 1.165) is 17.8 Å². The molecule has 2 atom stereocenters. The summed E-state index contributed by atoms with van der Waals surface area (Å²) < 4.78 is 19.9. The van der Waals surface area contributed by atoms with Gasteiger partial charge in [-0.1, -0.05) is 0 Å². The summed E-state index contributed by atoms with van der Waals surface area (Å²) in [5.74, 6) is -0.881. The summed E-state index contributed by atoms with van der Waals surface area (Å²) in [7, 11) is 0. The number of anilines is 2. The molecular formula is C29H38FN5O3. The zero-order chi connectivity index (χ0) is 27.4. The lowest BCUT2D eigenvalue weighted by Crippen LogP contribution is -2.38. The Hall–Kier alpha value is -3.62. The highest BCUT2D eigenvalue weighted by Gasteiger charge is 2.30. The number of carbonyl (C=O) groups excluding carboxylic acids is 2. The number of hydrogen-bond donors (Lipinski definition) is 2. The van der Waals surface area contributed by atoms with E-state index in [9.17, 15) is 14.0 Å². The molecule has 204 valence electrons. The first-order valence-corrected chi connectivity index (χ1v) is 13.4. The Morgan fingerprint density at radius 3 is 2.66 bits per heavy atom. The van der Waals surface area contributed by atoms with Crippen LogP contribution in [0, 0.1) is 6.92 Å². The fourth-order valence-corrected chi connectivity index (χ4v) is 5.40. The van der Waals surface area contributed by atoms with Crippen LogP contribution in [0.1, 0.15) is 51.5 Å². The number of alkyl halides is 1. The van der Waals surface area contributed by atoms with Gasteiger partial charge in [-0.2, -0.15) is 0 Å². The number of Topliss-reactive ketones (excluding diaryl/α,β-unsaturated/α-hetero) is 1. The highest BCUT2D eigenvalue weighted by Crippen LogP contribution is 2.32. The molecule has 2 fully saturated rings. The maximum absolute atomic E-state index is 14.6. The van der Waals surface area contributed by atoms with Gasteiger partial charge in [0, 0.05) is 48.2 Å². The molecule has 38 heavy (non-hydrogen) atoms. The lowest BCUT2D eigenvalue weighted by molar-refractivity contribution is -0.114. The summed E-state index contributed by atoms with van der Waals surface area (Å²) in [6.07, 6.45) is 5.69. The zero-order valence-corrected chi connectivity index (χ0v) is 22.5. The number of halogens is 1. The van der Waals surface area contributed by atoms with Gasteiger partial charge in [0.2, 0.25) is 5.78 Å². The average Bonchev–Trinajstić information content (AvgIpc) is 3.04. The molecular weight excluding hydrogens is 485 g/mol. The molecule has 1 amide bonds. The fraction of sp³-hybridized carbons (Fsp3) is 0.483. The Morgan fingerprint density at radius 2 is 2.00 bits per heavy atom. The number of carbonyl (C=O) groups is 2. The molecule has 4 rings (SSSR count). The van der Waals surface area contributed by atoms with Gasteiger partial charge in [-0.15, -0.1) is 0 Å². The molecule has 3 aliphatic rings. The number of ketones is 1. The molecule has 0 radical (unpaired) electrons. The number of aliphatic imine (C=N–C) groups is 1. The van der Waals surface area contributed by atoms with Crippen LogP contribution in [0.2, 0.25) is 0 Å². The number of allylic oxidation sites excluding steroid dienone is 4. The Morgan fingerprint density at radius 1 is 1.21 bits per heavy atom. The van der Waals surface area contributed by atoms with E-state index in [2.05, 4.69) is 35.9 Å². The van der Waals surface area contributed by atoms with Gasteiger partial charge in [0.05, 0.1) is 13.2 Å². The van der Waals surface area contributed by atoms with E-state index in [1.54, 1.807) is 13.0 Å². The second-order valence-electron chi connectivity index (χ2n) is 10.2. The van der Waals surface area contributed by atoms with Crippen LogP contribution in [-0.4, -0.2) is 55.9 Å². The van der Waals surface area contributed by atoms with Crippen molar-refractivity contribution in [1.82, 2.24) is 0 Å². The maximum Gasteiger partial charge on any atom is 0.264 e. The predicted octanol–water partition coefficient (Wildman–Crippen LogP) is 3.84. The Labute approximate surface area is 223 Å². The fourth-order valence-electron chi connectivity index (χ4n) is 5.40. The molecule has 2 unspecified atom stereocenters. The Bertz CT molecular complexity index is 1220. The Balaban J connectivity index is 1.64. The number of ether oxygens (including phenoxy) is 1. The molecule has 1 aliphatic carbocycles. The summed E-state index contributed by atoms with van der Waals surface area (Å²) in [5, 5.41) is 0. The van der Waals surface area contributed by atoms with Crippen LogP contribution in [-0.2, 0) is 14.3 Å². The molecule has 9 heteroatoms. The maximum atomic E-state index is 14.6. The number of primary amides is 1. The van der Waals surface area contributed by atoms with E-state index in [0.29, 0.717) is 36.9 Å². The number of nitrogens with two attached hydrogens (primary N) is 2. The van der Waals surface area contributed by atoms with Crippen LogP contribution >= 0.6 is 0 Å². The number of nitrogens with zero attached hydrogens (tertiary/aromatic N) is 3. The number of amides is 1. The highest BCUT2D eigenvalue weighted by atomic mass is 19.1. The molecule has 0 spiro atoms. The number of rotatable bonds is 6. The van der Waals surface area contributed by atoms with E-state index in [4.69, 9.17) is 16.2 Å². The minimum absolute atomic E-state index is 0.0360. The van der Waals surface area contributed by atoms with Gasteiger partial charge in [0.1, 0.15) is 17.2 Å². The second-order valence-corrected chi connectivity index (χ2v) is 10.2. The quantitative estimate of drug-likeness (QED) is 0.548. The first kappa shape index (κ1) is 27.4. The van der Waals surface area contributed by atoms with Crippen LogP contribution in [0.25, 0.3) is 0 Å². The molecule has 2 heterocycles. The zero-order valence-electron chi connectivity index (χ0n) is 22.5. The van der Waals surface area contributed by atoms with Gasteiger partial charge in [-0.3, -0.25) is 9.59 Å². The van der Waals surface area contributed by atoms with Crippen molar-refractivity contribution in [3.8, 4) is 0 Å². The second kappa shape index (κ2) is 11.8. The van der Waals surface area contributed by atoms with Crippen LogP contribution in [0.15, 0.2) is 58.1 Å². The van der Waals surface area contributed by atoms with E-state index in [1.165, 1.54) is 31.0 Å². The van der Waals surface area contributed by atoms with Crippen molar-refractivity contribution in [2.45, 2.75) is 65.1 Å². The van der Waals surface area contributed by atoms with Crippen LogP contribution in [0.3, 0.4) is 0 Å². The Kier molecular flexibility index (Phi) is 8.54. The van der Waals surface area contributed by atoms with Crippen molar-refractivity contribution in [3.05, 3.63) is 58.6 Å². The van der Waals surface area contributed by atoms with Gasteiger partial charge < -0.3 is 26.0 Å². The molecule has 0 aromatic heterocycles. The standard InChI is InChI=1S/C29H38FN5O3/c1-4-38-26-11-8-20(16-23(26)30)33-28-22(27(31)29(32)37)12-14-34(17-25(28)36)21-9-10-24(18(2)15-21)35-13-6-5-7-19(35)3/h8-11,15,19,23H,4-7,12-14,16-17,31H2,1-3H3,(H2,32,37). The first-order chi connectivity index (χ1) is 18.2. The van der Waals surface area contributed by atoms with E-state index in [1.807, 2.05) is 11.0 Å². The third-order valence-corrected chi connectivity index (χ3v) is 7.47. The van der Waals surface area contributed by atoms with Gasteiger partial charge >= 0.3 is 0 Å². The molecule has 8 nitrogen and oxygen atoms in total. The molecule has 0 saturated carbocycles. The monoisotopic (exact) mass is 523 g/mol. The summed E-state index contributed by atoms with van der Waals surface area (Å²) in [5.41, 5.74) is 15.4. The van der Waals surface area contributed by atoms with E-state index < -0.39 is 12.1 Å². The van der Waals surface area contributed by atoms with Crippen molar-refractivity contribution in [3.63, 3.8) is 0 Å². The van der Waals surface area contributed by atoms with Crippen LogP contribution in [0.5, 0.6) is 0 Å². The van der Waals surface area contributed by atoms with E-state index >= 15 is 0 Å². The minimum atomic E-state index is -1.36. The number of hydrogen-bond acceptors (Lipinski definition) is 7. The smallest absolute Gasteiger partial charge is 0.264 e. The van der Waals surface area contributed by atoms with Gasteiger partial charge in [-0.25, -0.2) is 9.38 Å². The number of benzene rings is 1. The summed E-state index contributed by atoms with van der Waals surface area (Å²) in [4.78, 5) is 34.4. The summed E-state index contributed by atoms with van der Waals surface area (Å²) in [6, 6.07) is 6.76. The van der Waals surface area contributed by atoms with Crippen molar-refractivity contribution in [1.29, 1.82) is 0 Å². The van der Waals surface area contributed by atoms with E-state index in [-0.39, 0.29) is 35.9 Å². The molecule has 4 N–H and O–H groups in total. The predicted molar refractivity (Wildman–Crippen MR) is 149 cm³/mol. The summed E-state index contributed by atoms with van der Waals surface area (Å²) >= 11 is 0. The van der Waals surface area contributed by atoms with Crippen molar-refractivity contribution >= 4 is 28.8 Å². The van der Waals surface area contributed by atoms with Gasteiger partial charge in [-0.05, 0) is 82.4 Å². The minimum Gasteiger partial charge on any atom is -0.495 e. The topological polar surface area (TPSA) is 114 Å². The average molecular weight is 524 g/mol. The third kappa shape index (κ3) is 5.92. The summed E-state index contributed by atoms with van der Waals surface area (Å²) in [6.45, 7) is 8.05. The lowest BCUT2D eigenvalue weighted by atomic mass is 10.0. The molecule has 2 aliphatic heterocycles. The number of piperidine rings is 1. The SMILES string of the molecule is CCOC1=CC=C(N=C2C(=O)CN(c3ccc(N4CCCCC4C)c(C)c3)CCC2=C(N)C(N)=O)CC1F. The van der Waals surface area contributed by atoms with Crippen molar-refractivity contribution in [2.24, 2.45) is 16.5 Å². The molecule has 1 aromatic carbocycles. The lowest BCUT2D eigenvalue weighted by Gasteiger charge is -2.37. The van der Waals surface area contributed by atoms with Gasteiger partial charge in [0.15, 0.2) is 6.17 Å². The van der Waals surface area contributed by atoms with Gasteiger partial charge in [0.25, 0.3) is 5.91 Å². The highest BCUT2D eigenvalue weighted by molar-refractivity contribution is 6.48. The molecule has 0 bridgehead atoms. The van der Waals surface area contributed by atoms with Crippen LogP contribution < -0.4 is 21.3 Å². The van der Waals surface area contributed by atoms with Crippen molar-refractivity contribution in [2.75, 3.05) is 36.0 Å².